The highest BCUT2D eigenvalue weighted by atomic mass is 32.2. The Morgan fingerprint density at radius 2 is 2.17 bits per heavy atom. The highest BCUT2D eigenvalue weighted by Crippen LogP contribution is 2.43. The van der Waals surface area contributed by atoms with Crippen LogP contribution in [-0.4, -0.2) is 29.5 Å². The Balaban J connectivity index is 1.99. The van der Waals surface area contributed by atoms with Crippen molar-refractivity contribution in [3.05, 3.63) is 23.8 Å². The van der Waals surface area contributed by atoms with Crippen LogP contribution in [0.3, 0.4) is 0 Å². The summed E-state index contributed by atoms with van der Waals surface area (Å²) in [6, 6.07) is 5.57. The molecule has 4 heteroatoms. The molecule has 0 aromatic heterocycles. The molecule has 0 bridgehead atoms. The molecule has 1 aromatic carbocycles. The van der Waals surface area contributed by atoms with Gasteiger partial charge >= 0.3 is 0 Å². The third-order valence-corrected chi connectivity index (χ3v) is 5.03. The number of carbonyl (C=O) groups excluding carboxylic acids is 1. The summed E-state index contributed by atoms with van der Waals surface area (Å²) in [5, 5.41) is 0. The number of para-hydroxylation sites is 1. The van der Waals surface area contributed by atoms with Crippen molar-refractivity contribution >= 4 is 17.5 Å². The minimum atomic E-state index is -0.296. The molecule has 2 aliphatic heterocycles. The molecule has 18 heavy (non-hydrogen) atoms. The van der Waals surface area contributed by atoms with Crippen LogP contribution in [0.5, 0.6) is 11.5 Å². The standard InChI is InChI=1S/C14H16O3S/c1-14(6-3-9-18-14)13(15)10-4-2-5-11-12(10)17-8-7-16-11/h2,4-5H,3,6-9H2,1H3. The monoisotopic (exact) mass is 264 g/mol. The van der Waals surface area contributed by atoms with Gasteiger partial charge in [0.05, 0.1) is 10.3 Å². The van der Waals surface area contributed by atoms with Gasteiger partial charge in [0.1, 0.15) is 13.2 Å². The molecule has 0 spiro atoms. The number of benzene rings is 1. The maximum atomic E-state index is 12.7. The molecule has 1 saturated heterocycles. The van der Waals surface area contributed by atoms with Crippen molar-refractivity contribution in [2.75, 3.05) is 19.0 Å². The van der Waals surface area contributed by atoms with Gasteiger partial charge in [-0.2, -0.15) is 0 Å². The third-order valence-electron chi connectivity index (χ3n) is 3.51. The van der Waals surface area contributed by atoms with Crippen molar-refractivity contribution in [1.29, 1.82) is 0 Å². The van der Waals surface area contributed by atoms with E-state index >= 15 is 0 Å². The smallest absolute Gasteiger partial charge is 0.182 e. The third kappa shape index (κ3) is 1.88. The topological polar surface area (TPSA) is 35.5 Å². The van der Waals surface area contributed by atoms with Gasteiger partial charge in [-0.3, -0.25) is 4.79 Å². The predicted octanol–water partition coefficient (Wildman–Crippen LogP) is 2.93. The van der Waals surface area contributed by atoms with E-state index in [4.69, 9.17) is 9.47 Å². The van der Waals surface area contributed by atoms with Crippen molar-refractivity contribution in [2.45, 2.75) is 24.5 Å². The molecule has 3 rings (SSSR count). The Morgan fingerprint density at radius 1 is 1.33 bits per heavy atom. The first-order valence-corrected chi connectivity index (χ1v) is 7.27. The fraction of sp³-hybridized carbons (Fsp3) is 0.500. The fourth-order valence-electron chi connectivity index (χ4n) is 2.50. The van der Waals surface area contributed by atoms with Gasteiger partial charge in [0.15, 0.2) is 17.3 Å². The summed E-state index contributed by atoms with van der Waals surface area (Å²) in [7, 11) is 0. The van der Waals surface area contributed by atoms with Crippen LogP contribution in [0.25, 0.3) is 0 Å². The fourth-order valence-corrected chi connectivity index (χ4v) is 3.76. The molecule has 2 aliphatic rings. The predicted molar refractivity (Wildman–Crippen MR) is 71.9 cm³/mol. The van der Waals surface area contributed by atoms with Crippen LogP contribution in [0.1, 0.15) is 30.1 Å². The van der Waals surface area contributed by atoms with E-state index in [-0.39, 0.29) is 10.5 Å². The quantitative estimate of drug-likeness (QED) is 0.769. The first kappa shape index (κ1) is 11.9. The summed E-state index contributed by atoms with van der Waals surface area (Å²) >= 11 is 1.75. The highest BCUT2D eigenvalue weighted by Gasteiger charge is 2.39. The zero-order valence-corrected chi connectivity index (χ0v) is 11.2. The number of Topliss-reactive ketones (excluding diaryl/α,β-unsaturated/α-hetero) is 1. The summed E-state index contributed by atoms with van der Waals surface area (Å²) in [4.78, 5) is 12.7. The van der Waals surface area contributed by atoms with Gasteiger partial charge < -0.3 is 9.47 Å². The summed E-state index contributed by atoms with van der Waals surface area (Å²) in [5.74, 6) is 2.56. The van der Waals surface area contributed by atoms with Gasteiger partial charge in [-0.15, -0.1) is 11.8 Å². The average molecular weight is 264 g/mol. The molecule has 1 aromatic rings. The summed E-state index contributed by atoms with van der Waals surface area (Å²) in [6.45, 7) is 3.11. The van der Waals surface area contributed by atoms with Gasteiger partial charge in [0.25, 0.3) is 0 Å². The van der Waals surface area contributed by atoms with Crippen LogP contribution in [-0.2, 0) is 0 Å². The Labute approximate surface area is 111 Å². The van der Waals surface area contributed by atoms with Gasteiger partial charge in [-0.25, -0.2) is 0 Å². The molecular weight excluding hydrogens is 248 g/mol. The zero-order chi connectivity index (χ0) is 12.6. The van der Waals surface area contributed by atoms with E-state index in [1.807, 2.05) is 25.1 Å². The van der Waals surface area contributed by atoms with Crippen molar-refractivity contribution in [3.8, 4) is 11.5 Å². The van der Waals surface area contributed by atoms with E-state index in [2.05, 4.69) is 0 Å². The second-order valence-corrected chi connectivity index (χ2v) is 6.44. The molecule has 1 unspecified atom stereocenters. The lowest BCUT2D eigenvalue weighted by molar-refractivity contribution is 0.0938. The largest absolute Gasteiger partial charge is 0.486 e. The average Bonchev–Trinajstić information content (AvgIpc) is 2.85. The Morgan fingerprint density at radius 3 is 2.94 bits per heavy atom. The van der Waals surface area contributed by atoms with Crippen LogP contribution in [0, 0.1) is 0 Å². The normalized spacial score (nSPS) is 26.1. The first-order valence-electron chi connectivity index (χ1n) is 6.28. The van der Waals surface area contributed by atoms with Gasteiger partial charge in [-0.05, 0) is 37.7 Å². The SMILES string of the molecule is CC1(C(=O)c2cccc3c2OCCO3)CCCS1. The van der Waals surface area contributed by atoms with Gasteiger partial charge in [0, 0.05) is 0 Å². The number of hydrogen-bond donors (Lipinski definition) is 0. The summed E-state index contributed by atoms with van der Waals surface area (Å²) in [6.07, 6.45) is 2.06. The number of rotatable bonds is 2. The lowest BCUT2D eigenvalue weighted by Gasteiger charge is -2.25. The van der Waals surface area contributed by atoms with Gasteiger partial charge in [0.2, 0.25) is 0 Å². The zero-order valence-electron chi connectivity index (χ0n) is 10.4. The van der Waals surface area contributed by atoms with Crippen LogP contribution in [0.2, 0.25) is 0 Å². The molecule has 3 nitrogen and oxygen atoms in total. The van der Waals surface area contributed by atoms with E-state index in [1.165, 1.54) is 0 Å². The molecule has 0 aliphatic carbocycles. The summed E-state index contributed by atoms with van der Waals surface area (Å²) in [5.41, 5.74) is 0.670. The molecule has 2 heterocycles. The van der Waals surface area contributed by atoms with E-state index in [0.717, 1.165) is 18.6 Å². The van der Waals surface area contributed by atoms with E-state index < -0.39 is 0 Å². The second-order valence-electron chi connectivity index (χ2n) is 4.84. The van der Waals surface area contributed by atoms with Crippen LogP contribution >= 0.6 is 11.8 Å². The van der Waals surface area contributed by atoms with Crippen LogP contribution in [0.4, 0.5) is 0 Å². The highest BCUT2D eigenvalue weighted by molar-refractivity contribution is 8.01. The Bertz CT molecular complexity index is 478. The number of fused-ring (bicyclic) bond motifs is 1. The minimum Gasteiger partial charge on any atom is -0.486 e. The Hall–Kier alpha value is -1.16. The molecule has 0 amide bonds. The maximum absolute atomic E-state index is 12.7. The molecule has 96 valence electrons. The summed E-state index contributed by atoms with van der Waals surface area (Å²) < 4.78 is 10.9. The maximum Gasteiger partial charge on any atom is 0.182 e. The first-order chi connectivity index (χ1) is 8.71. The van der Waals surface area contributed by atoms with E-state index in [0.29, 0.717) is 30.3 Å². The number of ketones is 1. The van der Waals surface area contributed by atoms with Crippen LogP contribution < -0.4 is 9.47 Å². The number of carbonyl (C=O) groups is 1. The lowest BCUT2D eigenvalue weighted by Crippen LogP contribution is -2.30. The molecule has 1 atom stereocenters. The van der Waals surface area contributed by atoms with Crippen molar-refractivity contribution < 1.29 is 14.3 Å². The molecular formula is C14H16O3S. The van der Waals surface area contributed by atoms with E-state index in [9.17, 15) is 4.79 Å². The minimum absolute atomic E-state index is 0.173. The number of hydrogen-bond acceptors (Lipinski definition) is 4. The van der Waals surface area contributed by atoms with E-state index in [1.54, 1.807) is 11.8 Å². The van der Waals surface area contributed by atoms with Crippen LogP contribution in [0.15, 0.2) is 18.2 Å². The molecule has 1 fully saturated rings. The second kappa shape index (κ2) is 4.50. The molecule has 0 N–H and O–H groups in total. The van der Waals surface area contributed by atoms with Crippen molar-refractivity contribution in [2.24, 2.45) is 0 Å². The van der Waals surface area contributed by atoms with Crippen molar-refractivity contribution in [3.63, 3.8) is 0 Å². The lowest BCUT2D eigenvalue weighted by atomic mass is 9.94. The van der Waals surface area contributed by atoms with Crippen molar-refractivity contribution in [1.82, 2.24) is 0 Å². The molecule has 0 radical (unpaired) electrons. The number of ether oxygens (including phenoxy) is 2. The Kier molecular flexibility index (Phi) is 2.98. The molecule has 0 saturated carbocycles. The number of thioether (sulfide) groups is 1. The van der Waals surface area contributed by atoms with Gasteiger partial charge in [-0.1, -0.05) is 6.07 Å².